The number of carbonyl (C=O) groups is 1. The van der Waals surface area contributed by atoms with Crippen LogP contribution in [0.5, 0.6) is 0 Å². The fraction of sp³-hybridized carbons (Fsp3) is 0.875. The Balaban J connectivity index is 2.46. The van der Waals surface area contributed by atoms with Gasteiger partial charge in [-0.05, 0) is 6.42 Å². The summed E-state index contributed by atoms with van der Waals surface area (Å²) in [5.41, 5.74) is 0. The van der Waals surface area contributed by atoms with Gasteiger partial charge in [0.15, 0.2) is 12.4 Å². The molecule has 0 spiro atoms. The molecule has 122 valence electrons. The van der Waals surface area contributed by atoms with E-state index in [1.165, 1.54) is 32.1 Å². The average molecular weight is 299 g/mol. The molecule has 21 heavy (non-hydrogen) atoms. The van der Waals surface area contributed by atoms with Crippen molar-refractivity contribution < 1.29 is 19.5 Å². The number of unbranched alkanes of at least 4 members (excludes halogenated alkanes) is 5. The van der Waals surface area contributed by atoms with E-state index in [2.05, 4.69) is 11.9 Å². The standard InChI is InChI=1S/C16H30N2O3/c1-2-3-4-5-6-7-9-15-17-10-12-18(15,11-8-13-19)14-16(20)21/h19H,2-14H2,1H3/p+1. The molecule has 0 aromatic carbocycles. The minimum absolute atomic E-state index is 0.106. The van der Waals surface area contributed by atoms with Crippen molar-refractivity contribution in [1.29, 1.82) is 0 Å². The SMILES string of the molecule is CCCCCCCCC1=NCC[N+]1(CCCO)CC(=O)O. The summed E-state index contributed by atoms with van der Waals surface area (Å²) in [6.07, 6.45) is 8.96. The normalized spacial score (nSPS) is 21.5. The highest BCUT2D eigenvalue weighted by atomic mass is 16.4. The molecule has 0 aliphatic carbocycles. The maximum Gasteiger partial charge on any atom is 0.359 e. The van der Waals surface area contributed by atoms with Gasteiger partial charge in [-0.15, -0.1) is 0 Å². The monoisotopic (exact) mass is 299 g/mol. The van der Waals surface area contributed by atoms with E-state index in [-0.39, 0.29) is 13.2 Å². The van der Waals surface area contributed by atoms with E-state index in [9.17, 15) is 9.90 Å². The molecule has 1 aliphatic heterocycles. The van der Waals surface area contributed by atoms with E-state index in [0.29, 0.717) is 17.4 Å². The van der Waals surface area contributed by atoms with Crippen LogP contribution in [0.25, 0.3) is 0 Å². The maximum absolute atomic E-state index is 11.2. The van der Waals surface area contributed by atoms with Crippen LogP contribution in [0.3, 0.4) is 0 Å². The van der Waals surface area contributed by atoms with E-state index in [0.717, 1.165) is 31.8 Å². The third-order valence-corrected chi connectivity index (χ3v) is 4.31. The van der Waals surface area contributed by atoms with Crippen LogP contribution in [-0.4, -0.2) is 59.3 Å². The first-order valence-corrected chi connectivity index (χ1v) is 8.37. The van der Waals surface area contributed by atoms with Gasteiger partial charge in [-0.25, -0.2) is 9.79 Å². The van der Waals surface area contributed by atoms with Crippen molar-refractivity contribution in [1.82, 2.24) is 0 Å². The maximum atomic E-state index is 11.2. The molecule has 0 bridgehead atoms. The third kappa shape index (κ3) is 6.14. The van der Waals surface area contributed by atoms with Crippen LogP contribution in [0.15, 0.2) is 4.99 Å². The first-order valence-electron chi connectivity index (χ1n) is 8.37. The highest BCUT2D eigenvalue weighted by molar-refractivity contribution is 5.80. The molecule has 1 atom stereocenters. The van der Waals surface area contributed by atoms with Crippen LogP contribution < -0.4 is 0 Å². The molecule has 5 nitrogen and oxygen atoms in total. The van der Waals surface area contributed by atoms with Gasteiger partial charge in [-0.3, -0.25) is 4.48 Å². The Labute approximate surface area is 128 Å². The Morgan fingerprint density at radius 2 is 1.90 bits per heavy atom. The Morgan fingerprint density at radius 3 is 2.57 bits per heavy atom. The van der Waals surface area contributed by atoms with Crippen LogP contribution in [0.1, 0.15) is 58.3 Å². The molecule has 0 saturated carbocycles. The summed E-state index contributed by atoms with van der Waals surface area (Å²) in [5.74, 6) is 0.270. The zero-order valence-corrected chi connectivity index (χ0v) is 13.4. The van der Waals surface area contributed by atoms with E-state index in [1.54, 1.807) is 0 Å². The molecule has 0 amide bonds. The fourth-order valence-corrected chi connectivity index (χ4v) is 3.15. The molecule has 0 saturated heterocycles. The van der Waals surface area contributed by atoms with Crippen molar-refractivity contribution in [3.63, 3.8) is 0 Å². The second-order valence-electron chi connectivity index (χ2n) is 6.04. The summed E-state index contributed by atoms with van der Waals surface area (Å²) >= 11 is 0. The van der Waals surface area contributed by atoms with Gasteiger partial charge in [-0.2, -0.15) is 0 Å². The highest BCUT2D eigenvalue weighted by Gasteiger charge is 2.39. The van der Waals surface area contributed by atoms with Crippen molar-refractivity contribution in [2.24, 2.45) is 4.99 Å². The predicted octanol–water partition coefficient (Wildman–Crippen LogP) is 2.43. The Hall–Kier alpha value is -0.940. The highest BCUT2D eigenvalue weighted by Crippen LogP contribution is 2.21. The summed E-state index contributed by atoms with van der Waals surface area (Å²) in [4.78, 5) is 15.8. The van der Waals surface area contributed by atoms with Gasteiger partial charge in [0.25, 0.3) is 0 Å². The summed E-state index contributed by atoms with van der Waals surface area (Å²) in [7, 11) is 0. The summed E-state index contributed by atoms with van der Waals surface area (Å²) < 4.78 is 0.463. The van der Waals surface area contributed by atoms with E-state index < -0.39 is 5.97 Å². The summed E-state index contributed by atoms with van der Waals surface area (Å²) in [5, 5.41) is 18.3. The molecule has 1 aliphatic rings. The predicted molar refractivity (Wildman–Crippen MR) is 84.5 cm³/mol. The van der Waals surface area contributed by atoms with Gasteiger partial charge >= 0.3 is 5.97 Å². The average Bonchev–Trinajstić information content (AvgIpc) is 2.83. The lowest BCUT2D eigenvalue weighted by Crippen LogP contribution is -2.54. The van der Waals surface area contributed by atoms with Crippen LogP contribution in [0, 0.1) is 0 Å². The number of carboxylic acid groups (broad SMARTS) is 1. The summed E-state index contributed by atoms with van der Waals surface area (Å²) in [6.45, 7) is 4.63. The second-order valence-corrected chi connectivity index (χ2v) is 6.04. The number of aliphatic hydroxyl groups is 1. The summed E-state index contributed by atoms with van der Waals surface area (Å²) in [6, 6.07) is 0. The third-order valence-electron chi connectivity index (χ3n) is 4.31. The number of quaternary nitrogens is 1. The largest absolute Gasteiger partial charge is 0.477 e. The minimum Gasteiger partial charge on any atom is -0.477 e. The zero-order valence-electron chi connectivity index (χ0n) is 13.4. The number of amidine groups is 1. The minimum atomic E-state index is -0.773. The van der Waals surface area contributed by atoms with E-state index >= 15 is 0 Å². The number of aliphatic imine (C=N–C) groups is 1. The zero-order chi connectivity index (χ0) is 15.6. The quantitative estimate of drug-likeness (QED) is 0.429. The number of carboxylic acids is 1. The molecule has 5 heteroatoms. The molecule has 1 heterocycles. The molecule has 0 aromatic rings. The molecular weight excluding hydrogens is 268 g/mol. The van der Waals surface area contributed by atoms with E-state index in [1.807, 2.05) is 0 Å². The van der Waals surface area contributed by atoms with Crippen molar-refractivity contribution in [2.75, 3.05) is 32.8 Å². The Kier molecular flexibility index (Phi) is 8.54. The molecule has 0 radical (unpaired) electrons. The van der Waals surface area contributed by atoms with Crippen LogP contribution in [-0.2, 0) is 4.79 Å². The van der Waals surface area contributed by atoms with Gasteiger partial charge in [0.2, 0.25) is 0 Å². The molecule has 0 fully saturated rings. The lowest BCUT2D eigenvalue weighted by atomic mass is 10.1. The van der Waals surface area contributed by atoms with Gasteiger partial charge < -0.3 is 10.2 Å². The lowest BCUT2D eigenvalue weighted by molar-refractivity contribution is -0.829. The fourth-order valence-electron chi connectivity index (χ4n) is 3.15. The molecule has 1 unspecified atom stereocenters. The first kappa shape index (κ1) is 18.1. The Morgan fingerprint density at radius 1 is 1.19 bits per heavy atom. The topological polar surface area (TPSA) is 69.9 Å². The van der Waals surface area contributed by atoms with Crippen LogP contribution in [0.2, 0.25) is 0 Å². The van der Waals surface area contributed by atoms with Crippen molar-refractivity contribution in [3.05, 3.63) is 0 Å². The van der Waals surface area contributed by atoms with Gasteiger partial charge in [0, 0.05) is 19.4 Å². The first-order chi connectivity index (χ1) is 10.1. The number of rotatable bonds is 12. The molecule has 0 aromatic heterocycles. The smallest absolute Gasteiger partial charge is 0.359 e. The molecule has 2 N–H and O–H groups in total. The number of hydrogen-bond donors (Lipinski definition) is 2. The number of aliphatic carboxylic acids is 1. The van der Waals surface area contributed by atoms with Crippen molar-refractivity contribution in [3.8, 4) is 0 Å². The molecule has 1 rings (SSSR count). The van der Waals surface area contributed by atoms with Gasteiger partial charge in [0.1, 0.15) is 6.54 Å². The lowest BCUT2D eigenvalue weighted by Gasteiger charge is -2.33. The number of hydrogen-bond acceptors (Lipinski definition) is 3. The second kappa shape index (κ2) is 9.90. The number of nitrogens with zero attached hydrogens (tertiary/aromatic N) is 2. The van der Waals surface area contributed by atoms with Crippen LogP contribution >= 0.6 is 0 Å². The van der Waals surface area contributed by atoms with Gasteiger partial charge in [0.05, 0.1) is 13.1 Å². The molecular formula is C16H31N2O3+. The van der Waals surface area contributed by atoms with Crippen LogP contribution in [0.4, 0.5) is 0 Å². The van der Waals surface area contributed by atoms with Crippen molar-refractivity contribution in [2.45, 2.75) is 58.3 Å². The van der Waals surface area contributed by atoms with E-state index in [4.69, 9.17) is 5.11 Å². The van der Waals surface area contributed by atoms with Gasteiger partial charge in [-0.1, -0.05) is 39.0 Å². The van der Waals surface area contributed by atoms with Crippen molar-refractivity contribution >= 4 is 11.8 Å². The number of aliphatic hydroxyl groups excluding tert-OH is 1. The Bertz CT molecular complexity index is 344.